The summed E-state index contributed by atoms with van der Waals surface area (Å²) in [6, 6.07) is 7.31. The minimum absolute atomic E-state index is 0.00792. The van der Waals surface area contributed by atoms with Gasteiger partial charge in [-0.25, -0.2) is 14.4 Å². The van der Waals surface area contributed by atoms with Gasteiger partial charge in [0.1, 0.15) is 24.6 Å². The Kier molecular flexibility index (Phi) is 9.32. The standard InChI is InChI=1S/C29H28O15/c1-12-4-14(6-18(32)23(12)35)29(40)43-22-11-41-21(10-42-27(38)15-7-19(33)24(36)20(34)8-15)25(37)26(22)44-28(39)13-2-3-17(31)16(5-13)9-30/h2-8,21-22,25-26,30-37H,9-11H2,1H3. The number of aryl methyl sites for hydroxylation is 1. The van der Waals surface area contributed by atoms with Crippen LogP contribution in [0.4, 0.5) is 0 Å². The van der Waals surface area contributed by atoms with Crippen molar-refractivity contribution < 1.29 is 74.2 Å². The van der Waals surface area contributed by atoms with Crippen molar-refractivity contribution in [3.8, 4) is 34.5 Å². The van der Waals surface area contributed by atoms with E-state index >= 15 is 0 Å². The molecule has 234 valence electrons. The van der Waals surface area contributed by atoms with E-state index in [1.165, 1.54) is 19.1 Å². The SMILES string of the molecule is Cc1cc(C(=O)OC2COC(COC(=O)c3cc(O)c(O)c(O)c3)C(O)C2OC(=O)c2ccc(O)c(CO)c2)cc(O)c1O. The molecular weight excluding hydrogens is 588 g/mol. The van der Waals surface area contributed by atoms with Crippen molar-refractivity contribution in [2.24, 2.45) is 0 Å². The van der Waals surface area contributed by atoms with Gasteiger partial charge in [-0.05, 0) is 55.0 Å². The smallest absolute Gasteiger partial charge is 0.338 e. The zero-order chi connectivity index (χ0) is 32.3. The van der Waals surface area contributed by atoms with E-state index in [9.17, 15) is 55.2 Å². The maximum absolute atomic E-state index is 13.0. The van der Waals surface area contributed by atoms with Gasteiger partial charge in [-0.15, -0.1) is 0 Å². The fraction of sp³-hybridized carbons (Fsp3) is 0.276. The second-order valence-electron chi connectivity index (χ2n) is 9.80. The summed E-state index contributed by atoms with van der Waals surface area (Å²) in [4.78, 5) is 38.4. The highest BCUT2D eigenvalue weighted by Gasteiger charge is 2.45. The molecule has 0 spiro atoms. The Labute approximate surface area is 248 Å². The molecule has 3 aromatic rings. The normalized spacial score (nSPS) is 19.6. The van der Waals surface area contributed by atoms with Gasteiger partial charge in [-0.1, -0.05) is 0 Å². The fourth-order valence-electron chi connectivity index (χ4n) is 4.32. The zero-order valence-corrected chi connectivity index (χ0v) is 22.9. The molecule has 0 amide bonds. The number of hydrogen-bond acceptors (Lipinski definition) is 15. The molecule has 0 saturated carbocycles. The van der Waals surface area contributed by atoms with Crippen molar-refractivity contribution in [2.45, 2.75) is 37.9 Å². The van der Waals surface area contributed by atoms with E-state index in [1.807, 2.05) is 0 Å². The Bertz CT molecular complexity index is 1540. The van der Waals surface area contributed by atoms with E-state index in [4.69, 9.17) is 18.9 Å². The summed E-state index contributed by atoms with van der Waals surface area (Å²) in [5, 5.41) is 78.8. The summed E-state index contributed by atoms with van der Waals surface area (Å²) in [5.74, 6) is -6.93. The molecule has 0 radical (unpaired) electrons. The number of phenols is 6. The van der Waals surface area contributed by atoms with Gasteiger partial charge in [0.15, 0.2) is 41.0 Å². The van der Waals surface area contributed by atoms with Crippen LogP contribution in [0.5, 0.6) is 34.5 Å². The molecule has 0 bridgehead atoms. The van der Waals surface area contributed by atoms with E-state index in [0.29, 0.717) is 0 Å². The van der Waals surface area contributed by atoms with Crippen LogP contribution in [0.1, 0.15) is 42.2 Å². The van der Waals surface area contributed by atoms with Crippen molar-refractivity contribution in [3.63, 3.8) is 0 Å². The topological polar surface area (TPSA) is 250 Å². The average Bonchev–Trinajstić information content (AvgIpc) is 2.99. The van der Waals surface area contributed by atoms with Gasteiger partial charge in [0.2, 0.25) is 0 Å². The van der Waals surface area contributed by atoms with E-state index in [-0.39, 0.29) is 33.6 Å². The lowest BCUT2D eigenvalue weighted by Gasteiger charge is -2.38. The molecule has 44 heavy (non-hydrogen) atoms. The number of carbonyl (C=O) groups excluding carboxylic acids is 3. The van der Waals surface area contributed by atoms with Gasteiger partial charge < -0.3 is 59.8 Å². The number of aliphatic hydroxyl groups is 2. The summed E-state index contributed by atoms with van der Waals surface area (Å²) in [6.07, 6.45) is -6.18. The Hall–Kier alpha value is -5.25. The van der Waals surface area contributed by atoms with Gasteiger partial charge in [-0.2, -0.15) is 0 Å². The molecule has 4 rings (SSSR count). The van der Waals surface area contributed by atoms with Gasteiger partial charge >= 0.3 is 17.9 Å². The number of carbonyl (C=O) groups is 3. The highest BCUT2D eigenvalue weighted by Crippen LogP contribution is 2.36. The number of ether oxygens (including phenoxy) is 4. The first kappa shape index (κ1) is 31.7. The largest absolute Gasteiger partial charge is 0.508 e. The van der Waals surface area contributed by atoms with Crippen LogP contribution in [0.2, 0.25) is 0 Å². The van der Waals surface area contributed by atoms with Crippen molar-refractivity contribution in [2.75, 3.05) is 13.2 Å². The molecule has 0 aliphatic carbocycles. The predicted molar refractivity (Wildman–Crippen MR) is 144 cm³/mol. The van der Waals surface area contributed by atoms with Gasteiger partial charge in [-0.3, -0.25) is 0 Å². The number of aromatic hydroxyl groups is 6. The van der Waals surface area contributed by atoms with Crippen molar-refractivity contribution in [1.82, 2.24) is 0 Å². The van der Waals surface area contributed by atoms with Crippen molar-refractivity contribution in [3.05, 3.63) is 70.3 Å². The molecule has 3 aromatic carbocycles. The van der Waals surface area contributed by atoms with Crippen molar-refractivity contribution >= 4 is 17.9 Å². The molecule has 15 nitrogen and oxygen atoms in total. The first-order valence-corrected chi connectivity index (χ1v) is 12.9. The number of hydrogen-bond donors (Lipinski definition) is 8. The molecule has 4 unspecified atom stereocenters. The summed E-state index contributed by atoms with van der Waals surface area (Å²) < 4.78 is 21.6. The van der Waals surface area contributed by atoms with E-state index in [0.717, 1.165) is 30.3 Å². The maximum Gasteiger partial charge on any atom is 0.338 e. The van der Waals surface area contributed by atoms with Crippen LogP contribution in [0, 0.1) is 6.92 Å². The van der Waals surface area contributed by atoms with Gasteiger partial charge in [0.05, 0.1) is 29.9 Å². The minimum atomic E-state index is -1.77. The van der Waals surface area contributed by atoms with Gasteiger partial charge in [0, 0.05) is 5.56 Å². The van der Waals surface area contributed by atoms with E-state index < -0.39 is 90.9 Å². The quantitative estimate of drug-likeness (QED) is 0.100. The molecular formula is C29H28O15. The number of rotatable bonds is 8. The lowest BCUT2D eigenvalue weighted by atomic mass is 9.99. The van der Waals surface area contributed by atoms with E-state index in [2.05, 4.69) is 0 Å². The molecule has 4 atom stereocenters. The third-order valence-electron chi connectivity index (χ3n) is 6.75. The summed E-state index contributed by atoms with van der Waals surface area (Å²) in [5.41, 5.74) is -0.500. The monoisotopic (exact) mass is 616 g/mol. The molecule has 0 aromatic heterocycles. The first-order chi connectivity index (χ1) is 20.8. The second-order valence-corrected chi connectivity index (χ2v) is 9.80. The number of phenolic OH excluding ortho intramolecular Hbond substituents is 5. The van der Waals surface area contributed by atoms with E-state index in [1.54, 1.807) is 0 Å². The molecule has 1 fully saturated rings. The Morgan fingerprint density at radius 3 is 1.98 bits per heavy atom. The Morgan fingerprint density at radius 1 is 0.773 bits per heavy atom. The number of benzene rings is 3. The molecule has 1 saturated heterocycles. The molecule has 1 aliphatic rings. The molecule has 1 heterocycles. The molecule has 15 heteroatoms. The predicted octanol–water partition coefficient (Wildman–Crippen LogP) is 1.09. The molecule has 8 N–H and O–H groups in total. The average molecular weight is 617 g/mol. The van der Waals surface area contributed by atoms with Crippen LogP contribution in [0.25, 0.3) is 0 Å². The third kappa shape index (κ3) is 6.70. The van der Waals surface area contributed by atoms with Crippen LogP contribution in [-0.2, 0) is 25.6 Å². The Balaban J connectivity index is 1.55. The van der Waals surface area contributed by atoms with Crippen LogP contribution in [0.15, 0.2) is 42.5 Å². The molecule has 1 aliphatic heterocycles. The van der Waals surface area contributed by atoms with Gasteiger partial charge in [0.25, 0.3) is 0 Å². The van der Waals surface area contributed by atoms with Crippen LogP contribution < -0.4 is 0 Å². The summed E-state index contributed by atoms with van der Waals surface area (Å²) in [7, 11) is 0. The highest BCUT2D eigenvalue weighted by molar-refractivity contribution is 5.92. The lowest BCUT2D eigenvalue weighted by molar-refractivity contribution is -0.196. The first-order valence-electron chi connectivity index (χ1n) is 12.9. The number of esters is 3. The summed E-state index contributed by atoms with van der Waals surface area (Å²) in [6.45, 7) is -0.300. The second kappa shape index (κ2) is 12.9. The zero-order valence-electron chi connectivity index (χ0n) is 22.9. The third-order valence-corrected chi connectivity index (χ3v) is 6.75. The fourth-order valence-corrected chi connectivity index (χ4v) is 4.32. The van der Waals surface area contributed by atoms with Crippen LogP contribution in [0.3, 0.4) is 0 Å². The summed E-state index contributed by atoms with van der Waals surface area (Å²) >= 11 is 0. The minimum Gasteiger partial charge on any atom is -0.508 e. The van der Waals surface area contributed by atoms with Crippen molar-refractivity contribution in [1.29, 1.82) is 0 Å². The van der Waals surface area contributed by atoms with Crippen LogP contribution >= 0.6 is 0 Å². The Morgan fingerprint density at radius 2 is 1.36 bits per heavy atom. The highest BCUT2D eigenvalue weighted by atomic mass is 16.6. The number of aliphatic hydroxyl groups excluding tert-OH is 2. The van der Waals surface area contributed by atoms with Crippen LogP contribution in [-0.4, -0.2) is 96.4 Å². The maximum atomic E-state index is 13.0. The lowest BCUT2D eigenvalue weighted by Crippen LogP contribution is -2.57.